The van der Waals surface area contributed by atoms with Gasteiger partial charge in [0.25, 0.3) is 5.91 Å². The van der Waals surface area contributed by atoms with Crippen LogP contribution in [0.25, 0.3) is 0 Å². The zero-order valence-electron chi connectivity index (χ0n) is 10.1. The summed E-state index contributed by atoms with van der Waals surface area (Å²) < 4.78 is 0. The number of hydrogen-bond acceptors (Lipinski definition) is 6. The second-order valence-electron chi connectivity index (χ2n) is 3.66. The van der Waals surface area contributed by atoms with Crippen molar-refractivity contribution in [2.45, 2.75) is 26.3 Å². The molecule has 0 unspecified atom stereocenters. The first-order valence-electron chi connectivity index (χ1n) is 5.29. The molecule has 0 spiro atoms. The van der Waals surface area contributed by atoms with Crippen LogP contribution in [-0.2, 0) is 0 Å². The molecule has 1 aromatic heterocycles. The molecule has 1 heterocycles. The van der Waals surface area contributed by atoms with Gasteiger partial charge in [-0.15, -0.1) is 10.2 Å². The molecule has 17 heavy (non-hydrogen) atoms. The maximum absolute atomic E-state index is 12.1. The maximum atomic E-state index is 12.1. The second kappa shape index (κ2) is 6.15. The van der Waals surface area contributed by atoms with Gasteiger partial charge in [-0.05, 0) is 13.8 Å². The Balaban J connectivity index is 2.80. The number of carbonyl (C=O) groups excluding carboxylic acids is 1. The minimum absolute atomic E-state index is 0.0396. The first-order chi connectivity index (χ1) is 8.10. The van der Waals surface area contributed by atoms with Crippen LogP contribution in [0.1, 0.15) is 30.1 Å². The minimum Gasteiger partial charge on any atom is -0.363 e. The summed E-state index contributed by atoms with van der Waals surface area (Å²) in [4.78, 5) is 13.7. The minimum atomic E-state index is -0.172. The van der Waals surface area contributed by atoms with Gasteiger partial charge in [0.05, 0.1) is 12.5 Å². The molecule has 7 heteroatoms. The summed E-state index contributed by atoms with van der Waals surface area (Å²) in [5.74, 6) is -0.172. The van der Waals surface area contributed by atoms with Crippen LogP contribution in [0.3, 0.4) is 0 Å². The van der Waals surface area contributed by atoms with Crippen molar-refractivity contribution in [1.82, 2.24) is 15.1 Å². The molecule has 0 bridgehead atoms. The Bertz CT molecular complexity index is 423. The van der Waals surface area contributed by atoms with Crippen molar-refractivity contribution >= 4 is 22.4 Å². The highest BCUT2D eigenvalue weighted by Gasteiger charge is 2.22. The van der Waals surface area contributed by atoms with Gasteiger partial charge in [-0.3, -0.25) is 4.79 Å². The molecular weight excluding hydrogens is 238 g/mol. The molecule has 0 aliphatic rings. The lowest BCUT2D eigenvalue weighted by Crippen LogP contribution is -2.37. The Morgan fingerprint density at radius 1 is 1.59 bits per heavy atom. The van der Waals surface area contributed by atoms with Crippen molar-refractivity contribution in [2.24, 2.45) is 0 Å². The second-order valence-corrected chi connectivity index (χ2v) is 4.64. The van der Waals surface area contributed by atoms with Gasteiger partial charge in [0.15, 0.2) is 0 Å². The van der Waals surface area contributed by atoms with Crippen molar-refractivity contribution < 1.29 is 4.79 Å². The number of nitrogens with one attached hydrogen (secondary N) is 1. The van der Waals surface area contributed by atoms with Gasteiger partial charge >= 0.3 is 0 Å². The highest BCUT2D eigenvalue weighted by Crippen LogP contribution is 2.17. The topological polar surface area (TPSA) is 81.9 Å². The lowest BCUT2D eigenvalue weighted by molar-refractivity contribution is 0.0709. The Morgan fingerprint density at radius 3 is 2.76 bits per heavy atom. The van der Waals surface area contributed by atoms with Crippen LogP contribution in [0.2, 0.25) is 0 Å². The SMILES string of the molecule is CNc1nnc(C(=O)N(CCC#N)C(C)C)s1. The van der Waals surface area contributed by atoms with Gasteiger partial charge < -0.3 is 10.2 Å². The Kier molecular flexibility index (Phi) is 4.84. The summed E-state index contributed by atoms with van der Waals surface area (Å²) in [5, 5.41) is 20.0. The van der Waals surface area contributed by atoms with Gasteiger partial charge in [0, 0.05) is 19.6 Å². The molecule has 0 aliphatic carbocycles. The van der Waals surface area contributed by atoms with Crippen LogP contribution in [0, 0.1) is 11.3 Å². The average Bonchev–Trinajstić information content (AvgIpc) is 2.77. The number of hydrogen-bond donors (Lipinski definition) is 1. The van der Waals surface area contributed by atoms with Crippen LogP contribution in [0.4, 0.5) is 5.13 Å². The van der Waals surface area contributed by atoms with Crippen molar-refractivity contribution in [3.05, 3.63) is 5.01 Å². The van der Waals surface area contributed by atoms with E-state index >= 15 is 0 Å². The van der Waals surface area contributed by atoms with Crippen LogP contribution in [-0.4, -0.2) is 40.6 Å². The Labute approximate surface area is 104 Å². The van der Waals surface area contributed by atoms with Gasteiger partial charge in [0.2, 0.25) is 10.1 Å². The molecule has 0 aliphatic heterocycles. The molecule has 0 saturated heterocycles. The predicted molar refractivity (Wildman–Crippen MR) is 65.9 cm³/mol. The smallest absolute Gasteiger partial charge is 0.285 e. The average molecular weight is 253 g/mol. The van der Waals surface area contributed by atoms with Gasteiger partial charge in [0.1, 0.15) is 0 Å². The Hall–Kier alpha value is -1.68. The fourth-order valence-corrected chi connectivity index (χ4v) is 1.95. The van der Waals surface area contributed by atoms with Crippen LogP contribution < -0.4 is 5.32 Å². The number of anilines is 1. The van der Waals surface area contributed by atoms with E-state index in [1.807, 2.05) is 19.9 Å². The largest absolute Gasteiger partial charge is 0.363 e. The first kappa shape index (κ1) is 13.4. The molecule has 0 fully saturated rings. The van der Waals surface area contributed by atoms with Crippen LogP contribution in [0.5, 0.6) is 0 Å². The standard InChI is InChI=1S/C10H15N5OS/c1-7(2)15(6-4-5-11)9(16)8-13-14-10(12-3)17-8/h7H,4,6H2,1-3H3,(H,12,14). The monoisotopic (exact) mass is 253 g/mol. The van der Waals surface area contributed by atoms with Gasteiger partial charge in [-0.2, -0.15) is 5.26 Å². The van der Waals surface area contributed by atoms with E-state index in [9.17, 15) is 4.79 Å². The third-order valence-corrected chi connectivity index (χ3v) is 3.10. The normalized spacial score (nSPS) is 10.1. The van der Waals surface area contributed by atoms with Crippen LogP contribution >= 0.6 is 11.3 Å². The summed E-state index contributed by atoms with van der Waals surface area (Å²) in [6, 6.07) is 2.08. The molecule has 1 rings (SSSR count). The number of amides is 1. The molecule has 92 valence electrons. The number of nitrogens with zero attached hydrogens (tertiary/aromatic N) is 4. The van der Waals surface area contributed by atoms with Crippen LogP contribution in [0.15, 0.2) is 0 Å². The highest BCUT2D eigenvalue weighted by molar-refractivity contribution is 7.17. The predicted octanol–water partition coefficient (Wildman–Crippen LogP) is 1.34. The summed E-state index contributed by atoms with van der Waals surface area (Å²) >= 11 is 1.21. The van der Waals surface area contributed by atoms with E-state index in [-0.39, 0.29) is 11.9 Å². The molecule has 6 nitrogen and oxygen atoms in total. The van der Waals surface area contributed by atoms with E-state index in [1.54, 1.807) is 11.9 Å². The highest BCUT2D eigenvalue weighted by atomic mass is 32.1. The summed E-state index contributed by atoms with van der Waals surface area (Å²) in [6.45, 7) is 4.24. The molecule has 0 saturated carbocycles. The Morgan fingerprint density at radius 2 is 2.29 bits per heavy atom. The number of aromatic nitrogens is 2. The maximum Gasteiger partial charge on any atom is 0.285 e. The third-order valence-electron chi connectivity index (χ3n) is 2.17. The molecule has 1 N–H and O–H groups in total. The van der Waals surface area contributed by atoms with Gasteiger partial charge in [-0.25, -0.2) is 0 Å². The third kappa shape index (κ3) is 3.39. The number of carbonyl (C=O) groups is 1. The molecule has 0 aromatic carbocycles. The molecule has 1 aromatic rings. The zero-order chi connectivity index (χ0) is 12.8. The van der Waals surface area contributed by atoms with E-state index in [1.165, 1.54) is 11.3 Å². The van der Waals surface area contributed by atoms with E-state index in [4.69, 9.17) is 5.26 Å². The van der Waals surface area contributed by atoms with E-state index in [0.29, 0.717) is 23.1 Å². The zero-order valence-corrected chi connectivity index (χ0v) is 10.9. The molecule has 0 radical (unpaired) electrons. The molecular formula is C10H15N5OS. The fraction of sp³-hybridized carbons (Fsp3) is 0.600. The molecule has 1 amide bonds. The van der Waals surface area contributed by atoms with E-state index < -0.39 is 0 Å². The molecule has 0 atom stereocenters. The van der Waals surface area contributed by atoms with Crippen molar-refractivity contribution in [3.63, 3.8) is 0 Å². The number of nitriles is 1. The lowest BCUT2D eigenvalue weighted by atomic mass is 10.3. The lowest BCUT2D eigenvalue weighted by Gasteiger charge is -2.24. The first-order valence-corrected chi connectivity index (χ1v) is 6.11. The van der Waals surface area contributed by atoms with E-state index in [0.717, 1.165) is 0 Å². The summed E-state index contributed by atoms with van der Waals surface area (Å²) in [7, 11) is 1.73. The van der Waals surface area contributed by atoms with E-state index in [2.05, 4.69) is 15.5 Å². The van der Waals surface area contributed by atoms with Gasteiger partial charge in [-0.1, -0.05) is 11.3 Å². The van der Waals surface area contributed by atoms with Crippen molar-refractivity contribution in [3.8, 4) is 6.07 Å². The summed E-state index contributed by atoms with van der Waals surface area (Å²) in [5.41, 5.74) is 0. The van der Waals surface area contributed by atoms with Crippen molar-refractivity contribution in [2.75, 3.05) is 18.9 Å². The van der Waals surface area contributed by atoms with Crippen molar-refractivity contribution in [1.29, 1.82) is 5.26 Å². The fourth-order valence-electron chi connectivity index (χ4n) is 1.30. The summed E-state index contributed by atoms with van der Waals surface area (Å²) in [6.07, 6.45) is 0.321. The number of rotatable bonds is 5. The quantitative estimate of drug-likeness (QED) is 0.856.